The van der Waals surface area contributed by atoms with Crippen LogP contribution in [0.4, 0.5) is 13.2 Å². The molecule has 0 aliphatic heterocycles. The molecule has 0 atom stereocenters. The summed E-state index contributed by atoms with van der Waals surface area (Å²) < 4.78 is 37.3. The van der Waals surface area contributed by atoms with Crippen molar-refractivity contribution in [2.24, 2.45) is 5.73 Å². The van der Waals surface area contributed by atoms with E-state index in [1.807, 2.05) is 0 Å². The van der Waals surface area contributed by atoms with Gasteiger partial charge in [0.05, 0.1) is 12.0 Å². The van der Waals surface area contributed by atoms with E-state index in [4.69, 9.17) is 5.73 Å². The van der Waals surface area contributed by atoms with E-state index in [1.165, 1.54) is 0 Å². The molecule has 0 aliphatic carbocycles. The predicted molar refractivity (Wildman–Crippen MR) is 43.3 cm³/mol. The average Bonchev–Trinajstić information content (AvgIpc) is 1.99. The highest BCUT2D eigenvalue weighted by Gasteiger charge is 2.34. The van der Waals surface area contributed by atoms with Crippen LogP contribution in [0.15, 0.2) is 18.5 Å². The summed E-state index contributed by atoms with van der Waals surface area (Å²) in [4.78, 5) is 10.5. The van der Waals surface area contributed by atoms with E-state index in [0.29, 0.717) is 18.5 Å². The van der Waals surface area contributed by atoms with E-state index in [2.05, 4.69) is 0 Å². The van der Waals surface area contributed by atoms with E-state index in [-0.39, 0.29) is 4.73 Å². The number of carbonyl (C=O) groups excluding carboxylic acids is 1. The summed E-state index contributed by atoms with van der Waals surface area (Å²) in [6, 6.07) is 0.616. The first-order valence-electron chi connectivity index (χ1n) is 3.88. The summed E-state index contributed by atoms with van der Waals surface area (Å²) in [6.07, 6.45) is -3.81. The van der Waals surface area contributed by atoms with Crippen LogP contribution in [-0.4, -0.2) is 5.91 Å². The van der Waals surface area contributed by atoms with E-state index < -0.39 is 29.6 Å². The molecule has 0 spiro atoms. The summed E-state index contributed by atoms with van der Waals surface area (Å²) in [5, 5.41) is 10.7. The van der Waals surface area contributed by atoms with Crippen LogP contribution < -0.4 is 10.5 Å². The first-order chi connectivity index (χ1) is 6.80. The third-order valence-electron chi connectivity index (χ3n) is 1.69. The maximum Gasteiger partial charge on any atom is 0.417 e. The minimum Gasteiger partial charge on any atom is -0.619 e. The first kappa shape index (κ1) is 11.3. The zero-order chi connectivity index (χ0) is 11.6. The molecule has 0 radical (unpaired) electrons. The van der Waals surface area contributed by atoms with Crippen LogP contribution in [0.1, 0.15) is 11.1 Å². The van der Waals surface area contributed by atoms with Crippen molar-refractivity contribution in [1.82, 2.24) is 0 Å². The Morgan fingerprint density at radius 3 is 2.60 bits per heavy atom. The topological polar surface area (TPSA) is 70.0 Å². The smallest absolute Gasteiger partial charge is 0.417 e. The maximum atomic E-state index is 12.4. The van der Waals surface area contributed by atoms with Gasteiger partial charge in [-0.1, -0.05) is 0 Å². The molecule has 0 fully saturated rings. The van der Waals surface area contributed by atoms with Crippen molar-refractivity contribution < 1.29 is 22.7 Å². The molecule has 1 rings (SSSR count). The van der Waals surface area contributed by atoms with Crippen LogP contribution in [0, 0.1) is 5.21 Å². The molecule has 7 heteroatoms. The standard InChI is InChI=1S/C8H7F3N2O2/c9-8(10,11)6-1-2-13(15)4-5(6)3-7(12)14/h1-2,4H,3H2,(H2,12,14). The van der Waals surface area contributed by atoms with Crippen molar-refractivity contribution in [1.29, 1.82) is 0 Å². The fourth-order valence-corrected chi connectivity index (χ4v) is 1.13. The molecule has 82 valence electrons. The number of nitrogens with zero attached hydrogens (tertiary/aromatic N) is 1. The first-order valence-corrected chi connectivity index (χ1v) is 3.88. The van der Waals surface area contributed by atoms with Crippen LogP contribution in [0.5, 0.6) is 0 Å². The zero-order valence-electron chi connectivity index (χ0n) is 7.41. The van der Waals surface area contributed by atoms with Crippen molar-refractivity contribution in [2.75, 3.05) is 0 Å². The second-order valence-corrected chi connectivity index (χ2v) is 2.88. The van der Waals surface area contributed by atoms with Crippen molar-refractivity contribution in [2.45, 2.75) is 12.6 Å². The molecule has 0 aliphatic rings. The van der Waals surface area contributed by atoms with Crippen molar-refractivity contribution >= 4 is 5.91 Å². The van der Waals surface area contributed by atoms with Gasteiger partial charge in [0, 0.05) is 11.6 Å². The lowest BCUT2D eigenvalue weighted by Crippen LogP contribution is -2.29. The molecule has 1 aromatic heterocycles. The number of primary amides is 1. The zero-order valence-corrected chi connectivity index (χ0v) is 7.41. The molecule has 0 saturated carbocycles. The fraction of sp³-hybridized carbons (Fsp3) is 0.250. The number of pyridine rings is 1. The van der Waals surface area contributed by atoms with E-state index in [9.17, 15) is 23.2 Å². The van der Waals surface area contributed by atoms with Gasteiger partial charge in [0.15, 0.2) is 12.4 Å². The minimum absolute atomic E-state index is 0.188. The van der Waals surface area contributed by atoms with Gasteiger partial charge in [-0.05, 0) is 0 Å². The van der Waals surface area contributed by atoms with Crippen molar-refractivity contribution in [3.63, 3.8) is 0 Å². The van der Waals surface area contributed by atoms with Gasteiger partial charge < -0.3 is 10.9 Å². The molecule has 4 nitrogen and oxygen atoms in total. The lowest BCUT2D eigenvalue weighted by atomic mass is 10.1. The summed E-state index contributed by atoms with van der Waals surface area (Å²) in [6.45, 7) is 0. The van der Waals surface area contributed by atoms with Gasteiger partial charge >= 0.3 is 6.18 Å². The number of halogens is 3. The van der Waals surface area contributed by atoms with E-state index in [0.717, 1.165) is 0 Å². The highest BCUT2D eigenvalue weighted by molar-refractivity contribution is 5.76. The summed E-state index contributed by atoms with van der Waals surface area (Å²) >= 11 is 0. The summed E-state index contributed by atoms with van der Waals surface area (Å²) in [7, 11) is 0. The highest BCUT2D eigenvalue weighted by atomic mass is 19.4. The van der Waals surface area contributed by atoms with Crippen molar-refractivity contribution in [3.8, 4) is 0 Å². The molecular weight excluding hydrogens is 213 g/mol. The number of alkyl halides is 3. The predicted octanol–water partition coefficient (Wildman–Crippen LogP) is 0.367. The Morgan fingerprint density at radius 2 is 2.13 bits per heavy atom. The Kier molecular flexibility index (Phi) is 2.83. The van der Waals surface area contributed by atoms with Gasteiger partial charge in [-0.25, -0.2) is 0 Å². The highest BCUT2D eigenvalue weighted by Crippen LogP contribution is 2.31. The molecule has 15 heavy (non-hydrogen) atoms. The molecule has 0 saturated heterocycles. The Bertz CT molecular complexity index is 390. The van der Waals surface area contributed by atoms with Gasteiger partial charge in [-0.15, -0.1) is 0 Å². The average molecular weight is 220 g/mol. The second kappa shape index (κ2) is 3.76. The number of nitrogens with two attached hydrogens (primary N) is 1. The van der Waals surface area contributed by atoms with Gasteiger partial charge in [0.1, 0.15) is 0 Å². The molecule has 2 N–H and O–H groups in total. The third-order valence-corrected chi connectivity index (χ3v) is 1.69. The lowest BCUT2D eigenvalue weighted by molar-refractivity contribution is -0.606. The number of carbonyl (C=O) groups is 1. The molecule has 1 heterocycles. The van der Waals surface area contributed by atoms with Gasteiger partial charge in [0.2, 0.25) is 5.91 Å². The molecule has 1 aromatic rings. The number of amides is 1. The molecule has 0 unspecified atom stereocenters. The van der Waals surface area contributed by atoms with Gasteiger partial charge in [0.25, 0.3) is 0 Å². The maximum absolute atomic E-state index is 12.4. The third kappa shape index (κ3) is 2.83. The van der Waals surface area contributed by atoms with E-state index in [1.54, 1.807) is 0 Å². The Balaban J connectivity index is 3.20. The quantitative estimate of drug-likeness (QED) is 0.577. The largest absolute Gasteiger partial charge is 0.619 e. The van der Waals surface area contributed by atoms with Crippen molar-refractivity contribution in [3.05, 3.63) is 34.8 Å². The monoisotopic (exact) mass is 220 g/mol. The van der Waals surface area contributed by atoms with E-state index >= 15 is 0 Å². The molecule has 1 amide bonds. The molecular formula is C8H7F3N2O2. The van der Waals surface area contributed by atoms with Crippen LogP contribution >= 0.6 is 0 Å². The van der Waals surface area contributed by atoms with Gasteiger partial charge in [-0.2, -0.15) is 17.9 Å². The second-order valence-electron chi connectivity index (χ2n) is 2.88. The molecule has 0 bridgehead atoms. The van der Waals surface area contributed by atoms with Gasteiger partial charge in [-0.3, -0.25) is 4.79 Å². The Morgan fingerprint density at radius 1 is 1.53 bits per heavy atom. The number of rotatable bonds is 2. The Hall–Kier alpha value is -1.79. The van der Waals surface area contributed by atoms with Crippen LogP contribution in [0.25, 0.3) is 0 Å². The normalized spacial score (nSPS) is 11.4. The van der Waals surface area contributed by atoms with Crippen LogP contribution in [0.2, 0.25) is 0 Å². The fourth-order valence-electron chi connectivity index (χ4n) is 1.13. The summed E-state index contributed by atoms with van der Waals surface area (Å²) in [5.41, 5.74) is 3.33. The SMILES string of the molecule is NC(=O)Cc1c[n+]([O-])ccc1C(F)(F)F. The lowest BCUT2D eigenvalue weighted by Gasteiger charge is -2.10. The minimum atomic E-state index is -4.60. The molecule has 0 aromatic carbocycles. The Labute approximate surface area is 82.7 Å². The number of hydrogen-bond acceptors (Lipinski definition) is 2. The van der Waals surface area contributed by atoms with Crippen LogP contribution in [0.3, 0.4) is 0 Å². The number of hydrogen-bond donors (Lipinski definition) is 1. The summed E-state index contributed by atoms with van der Waals surface area (Å²) in [5.74, 6) is -0.924. The van der Waals surface area contributed by atoms with Crippen LogP contribution in [-0.2, 0) is 17.4 Å². The number of aromatic nitrogens is 1.